The number of hydrogen-bond donors (Lipinski definition) is 1. The summed E-state index contributed by atoms with van der Waals surface area (Å²) in [6, 6.07) is 7.62. The van der Waals surface area contributed by atoms with Crippen molar-refractivity contribution in [3.63, 3.8) is 0 Å². The van der Waals surface area contributed by atoms with E-state index in [0.29, 0.717) is 16.7 Å². The molecule has 2 aromatic rings. The van der Waals surface area contributed by atoms with Gasteiger partial charge in [0.2, 0.25) is 11.1 Å². The molecule has 1 N–H and O–H groups in total. The van der Waals surface area contributed by atoms with Crippen molar-refractivity contribution in [2.75, 3.05) is 26.0 Å². The molecule has 0 saturated carbocycles. The van der Waals surface area contributed by atoms with Crippen LogP contribution in [0.4, 0.5) is 0 Å². The van der Waals surface area contributed by atoms with Crippen molar-refractivity contribution in [2.45, 2.75) is 44.7 Å². The Balaban J connectivity index is 1.91. The molecule has 0 aliphatic carbocycles. The van der Waals surface area contributed by atoms with Crippen LogP contribution in [0.25, 0.3) is 11.4 Å². The van der Waals surface area contributed by atoms with Gasteiger partial charge in [-0.15, -0.1) is 5.10 Å². The smallest absolute Gasteiger partial charge is 0.233 e. The fourth-order valence-electron chi connectivity index (χ4n) is 2.47. The number of amides is 1. The van der Waals surface area contributed by atoms with E-state index in [1.165, 1.54) is 11.8 Å². The number of H-pyrrole nitrogens is 1. The molecule has 6 nitrogen and oxygen atoms in total. The highest BCUT2D eigenvalue weighted by Gasteiger charge is 2.15. The number of hydrogen-bond acceptors (Lipinski definition) is 5. The topological polar surface area (TPSA) is 71.1 Å². The Morgan fingerprint density at radius 1 is 1.15 bits per heavy atom. The minimum absolute atomic E-state index is 0.160. The first-order valence-electron chi connectivity index (χ1n) is 9.15. The molecule has 1 heterocycles. The van der Waals surface area contributed by atoms with Gasteiger partial charge in [-0.1, -0.05) is 38.5 Å². The van der Waals surface area contributed by atoms with Gasteiger partial charge in [0.1, 0.15) is 5.75 Å². The van der Waals surface area contributed by atoms with Gasteiger partial charge in [-0.2, -0.15) is 0 Å². The Morgan fingerprint density at radius 3 is 2.38 bits per heavy atom. The molecule has 0 spiro atoms. The molecular weight excluding hydrogens is 348 g/mol. The van der Waals surface area contributed by atoms with E-state index in [-0.39, 0.29) is 5.91 Å². The summed E-state index contributed by atoms with van der Waals surface area (Å²) in [6.07, 6.45) is 4.27. The zero-order valence-corrected chi connectivity index (χ0v) is 16.6. The third-order valence-corrected chi connectivity index (χ3v) is 4.90. The van der Waals surface area contributed by atoms with Crippen LogP contribution >= 0.6 is 11.8 Å². The molecule has 0 unspecified atom stereocenters. The molecule has 0 bridgehead atoms. The Morgan fingerprint density at radius 2 is 1.81 bits per heavy atom. The van der Waals surface area contributed by atoms with E-state index in [0.717, 1.165) is 50.1 Å². The summed E-state index contributed by atoms with van der Waals surface area (Å²) in [6.45, 7) is 5.96. The predicted octanol–water partition coefficient (Wildman–Crippen LogP) is 4.00. The molecule has 2 rings (SSSR count). The van der Waals surface area contributed by atoms with E-state index in [9.17, 15) is 4.79 Å². The molecule has 26 heavy (non-hydrogen) atoms. The van der Waals surface area contributed by atoms with Gasteiger partial charge in [-0.3, -0.25) is 9.89 Å². The number of carbonyl (C=O) groups excluding carboxylic acids is 1. The number of benzene rings is 1. The van der Waals surface area contributed by atoms with E-state index in [1.807, 2.05) is 29.2 Å². The second-order valence-electron chi connectivity index (χ2n) is 6.07. The summed E-state index contributed by atoms with van der Waals surface area (Å²) in [5.74, 6) is 2.02. The van der Waals surface area contributed by atoms with Gasteiger partial charge in [0.25, 0.3) is 0 Å². The van der Waals surface area contributed by atoms with E-state index in [4.69, 9.17) is 4.74 Å². The van der Waals surface area contributed by atoms with Crippen LogP contribution < -0.4 is 4.74 Å². The number of aromatic amines is 1. The summed E-state index contributed by atoms with van der Waals surface area (Å²) in [5.41, 5.74) is 0.934. The minimum Gasteiger partial charge on any atom is -0.497 e. The molecular formula is C19H28N4O2S. The fraction of sp³-hybridized carbons (Fsp3) is 0.526. The van der Waals surface area contributed by atoms with Gasteiger partial charge in [0.15, 0.2) is 5.82 Å². The van der Waals surface area contributed by atoms with Gasteiger partial charge in [0.05, 0.1) is 12.9 Å². The average molecular weight is 377 g/mol. The summed E-state index contributed by atoms with van der Waals surface area (Å²) >= 11 is 1.38. The highest BCUT2D eigenvalue weighted by molar-refractivity contribution is 7.99. The Kier molecular flexibility index (Phi) is 8.47. The lowest BCUT2D eigenvalue weighted by molar-refractivity contribution is -0.128. The first-order valence-corrected chi connectivity index (χ1v) is 10.1. The zero-order valence-electron chi connectivity index (χ0n) is 15.8. The van der Waals surface area contributed by atoms with Crippen molar-refractivity contribution in [1.82, 2.24) is 20.1 Å². The van der Waals surface area contributed by atoms with E-state index >= 15 is 0 Å². The summed E-state index contributed by atoms with van der Waals surface area (Å²) < 4.78 is 5.16. The van der Waals surface area contributed by atoms with Crippen LogP contribution in [0.3, 0.4) is 0 Å². The Hall–Kier alpha value is -2.02. The van der Waals surface area contributed by atoms with Crippen molar-refractivity contribution in [3.05, 3.63) is 24.3 Å². The van der Waals surface area contributed by atoms with Crippen LogP contribution in [0.1, 0.15) is 39.5 Å². The van der Waals surface area contributed by atoms with Crippen molar-refractivity contribution in [2.24, 2.45) is 0 Å². The molecule has 1 amide bonds. The lowest BCUT2D eigenvalue weighted by Crippen LogP contribution is -2.34. The van der Waals surface area contributed by atoms with Crippen LogP contribution in [0.15, 0.2) is 29.4 Å². The largest absolute Gasteiger partial charge is 0.497 e. The molecule has 1 aromatic heterocycles. The average Bonchev–Trinajstić information content (AvgIpc) is 3.15. The van der Waals surface area contributed by atoms with Crippen LogP contribution in [-0.4, -0.2) is 51.9 Å². The number of nitrogens with one attached hydrogen (secondary N) is 1. The number of methoxy groups -OCH3 is 1. The second-order valence-corrected chi connectivity index (χ2v) is 7.01. The van der Waals surface area contributed by atoms with Crippen molar-refractivity contribution in [1.29, 1.82) is 0 Å². The first-order chi connectivity index (χ1) is 12.7. The van der Waals surface area contributed by atoms with Crippen molar-refractivity contribution < 1.29 is 9.53 Å². The van der Waals surface area contributed by atoms with Crippen LogP contribution in [-0.2, 0) is 4.79 Å². The minimum atomic E-state index is 0.160. The number of aromatic nitrogens is 3. The maximum atomic E-state index is 12.5. The molecule has 0 aliphatic rings. The van der Waals surface area contributed by atoms with Gasteiger partial charge in [-0.25, -0.2) is 4.98 Å². The fourth-order valence-corrected chi connectivity index (χ4v) is 3.17. The molecule has 0 atom stereocenters. The van der Waals surface area contributed by atoms with E-state index in [1.54, 1.807) is 7.11 Å². The SMILES string of the molecule is CCCCN(CCCC)C(=O)CSc1n[nH]c(-c2ccc(OC)cc2)n1. The van der Waals surface area contributed by atoms with E-state index < -0.39 is 0 Å². The molecule has 7 heteroatoms. The molecule has 0 fully saturated rings. The molecule has 1 aromatic carbocycles. The van der Waals surface area contributed by atoms with Crippen LogP contribution in [0.2, 0.25) is 0 Å². The molecule has 142 valence electrons. The molecule has 0 radical (unpaired) electrons. The van der Waals surface area contributed by atoms with Crippen molar-refractivity contribution >= 4 is 17.7 Å². The number of thioether (sulfide) groups is 1. The number of nitrogens with zero attached hydrogens (tertiary/aromatic N) is 3. The number of rotatable bonds is 11. The Bertz CT molecular complexity index is 664. The lowest BCUT2D eigenvalue weighted by Gasteiger charge is -2.22. The monoisotopic (exact) mass is 376 g/mol. The summed E-state index contributed by atoms with van der Waals surface area (Å²) in [7, 11) is 1.64. The quantitative estimate of drug-likeness (QED) is 0.600. The van der Waals surface area contributed by atoms with Gasteiger partial charge in [-0.05, 0) is 37.1 Å². The van der Waals surface area contributed by atoms with Gasteiger partial charge < -0.3 is 9.64 Å². The van der Waals surface area contributed by atoms with Crippen LogP contribution in [0, 0.1) is 0 Å². The highest BCUT2D eigenvalue weighted by Crippen LogP contribution is 2.22. The molecule has 0 saturated heterocycles. The molecule has 0 aliphatic heterocycles. The standard InChI is InChI=1S/C19H28N4O2S/c1-4-6-12-23(13-7-5-2)17(24)14-26-19-20-18(21-22-19)15-8-10-16(25-3)11-9-15/h8-11H,4-7,12-14H2,1-3H3,(H,20,21,22). The number of unbranched alkanes of at least 4 members (excludes halogenated alkanes) is 2. The van der Waals surface area contributed by atoms with E-state index in [2.05, 4.69) is 29.0 Å². The predicted molar refractivity (Wildman–Crippen MR) is 105 cm³/mol. The highest BCUT2D eigenvalue weighted by atomic mass is 32.2. The van der Waals surface area contributed by atoms with Crippen LogP contribution in [0.5, 0.6) is 5.75 Å². The summed E-state index contributed by atoms with van der Waals surface area (Å²) in [4.78, 5) is 18.9. The number of ether oxygens (including phenoxy) is 1. The maximum Gasteiger partial charge on any atom is 0.233 e. The normalized spacial score (nSPS) is 10.7. The van der Waals surface area contributed by atoms with Gasteiger partial charge >= 0.3 is 0 Å². The zero-order chi connectivity index (χ0) is 18.8. The number of carbonyl (C=O) groups is 1. The first kappa shape index (κ1) is 20.3. The third kappa shape index (κ3) is 6.05. The van der Waals surface area contributed by atoms with Crippen molar-refractivity contribution in [3.8, 4) is 17.1 Å². The maximum absolute atomic E-state index is 12.5. The Labute approximate surface area is 159 Å². The third-order valence-electron chi connectivity index (χ3n) is 4.07. The lowest BCUT2D eigenvalue weighted by atomic mass is 10.2. The second kappa shape index (κ2) is 10.9. The van der Waals surface area contributed by atoms with Gasteiger partial charge in [0, 0.05) is 18.7 Å². The summed E-state index contributed by atoms with van der Waals surface area (Å²) in [5, 5.41) is 7.74.